The molecular weight excluding hydrogens is 550 g/mol. The Bertz CT molecular complexity index is 1550. The van der Waals surface area contributed by atoms with Crippen LogP contribution in [-0.4, -0.2) is 62.6 Å². The van der Waals surface area contributed by atoms with Crippen molar-refractivity contribution < 1.29 is 23.9 Å². The molecule has 43 heavy (non-hydrogen) atoms. The van der Waals surface area contributed by atoms with E-state index in [4.69, 9.17) is 4.74 Å². The Morgan fingerprint density at radius 1 is 1.05 bits per heavy atom. The summed E-state index contributed by atoms with van der Waals surface area (Å²) in [4.78, 5) is 64.0. The topological polar surface area (TPSA) is 132 Å². The zero-order valence-corrected chi connectivity index (χ0v) is 25.4. The number of rotatable bonds is 4. The molecule has 2 saturated heterocycles. The van der Waals surface area contributed by atoms with E-state index in [0.29, 0.717) is 29.9 Å². The van der Waals surface area contributed by atoms with Gasteiger partial charge in [0.1, 0.15) is 11.6 Å². The number of hydrogen-bond acceptors (Lipinski definition) is 6. The summed E-state index contributed by atoms with van der Waals surface area (Å²) in [5, 5.41) is 5.30. The molecule has 3 heterocycles. The summed E-state index contributed by atoms with van der Waals surface area (Å²) in [5.41, 5.74) is 1.17. The lowest BCUT2D eigenvalue weighted by Crippen LogP contribution is -2.44. The number of piperidine rings is 2. The van der Waals surface area contributed by atoms with Crippen LogP contribution in [0.15, 0.2) is 23.0 Å². The summed E-state index contributed by atoms with van der Waals surface area (Å²) in [6.45, 7) is 6.97. The molecule has 0 bridgehead atoms. The lowest BCUT2D eigenvalue weighted by molar-refractivity contribution is -0.136. The maximum atomic E-state index is 13.0. The number of aryl methyl sites for hydroxylation is 1. The number of hydrogen-bond donors (Lipinski definition) is 2. The Kier molecular flexibility index (Phi) is 8.67. The van der Waals surface area contributed by atoms with Gasteiger partial charge in [-0.15, -0.1) is 0 Å². The van der Waals surface area contributed by atoms with Crippen LogP contribution in [0, 0.1) is 23.7 Å². The second-order valence-electron chi connectivity index (χ2n) is 13.0. The average molecular weight is 592 g/mol. The smallest absolute Gasteiger partial charge is 0.407 e. The van der Waals surface area contributed by atoms with E-state index in [1.165, 1.54) is 9.13 Å². The maximum absolute atomic E-state index is 13.0. The van der Waals surface area contributed by atoms with Gasteiger partial charge in [-0.2, -0.15) is 0 Å². The lowest BCUT2D eigenvalue weighted by Gasteiger charge is -2.36. The molecular formula is C32H41N5O6. The fourth-order valence-electron chi connectivity index (χ4n) is 6.33. The number of imide groups is 1. The Balaban J connectivity index is 1.15. The van der Waals surface area contributed by atoms with Gasteiger partial charge in [-0.05, 0) is 83.4 Å². The number of benzene rings is 1. The molecule has 2 atom stereocenters. The lowest BCUT2D eigenvalue weighted by atomic mass is 9.85. The number of nitrogens with one attached hydrogen (secondary N) is 2. The average Bonchev–Trinajstić information content (AvgIpc) is 3.18. The van der Waals surface area contributed by atoms with Crippen molar-refractivity contribution in [2.24, 2.45) is 18.9 Å². The fraction of sp³-hybridized carbons (Fsp3) is 0.594. The molecule has 3 fully saturated rings. The number of fused-ring (bicyclic) bond motifs is 1. The summed E-state index contributed by atoms with van der Waals surface area (Å²) in [6, 6.07) is 4.82. The molecule has 230 valence electrons. The van der Waals surface area contributed by atoms with Crippen molar-refractivity contribution in [1.29, 1.82) is 0 Å². The molecule has 3 aliphatic rings. The number of imidazole rings is 1. The molecule has 11 heteroatoms. The molecule has 1 aliphatic carbocycles. The zero-order valence-electron chi connectivity index (χ0n) is 25.4. The highest BCUT2D eigenvalue weighted by Crippen LogP contribution is 2.28. The molecule has 2 aliphatic heterocycles. The third-order valence-corrected chi connectivity index (χ3v) is 8.60. The van der Waals surface area contributed by atoms with Gasteiger partial charge in [0.2, 0.25) is 17.7 Å². The highest BCUT2D eigenvalue weighted by atomic mass is 16.6. The first-order valence-electron chi connectivity index (χ1n) is 15.2. The number of nitrogens with zero attached hydrogens (tertiary/aromatic N) is 3. The summed E-state index contributed by atoms with van der Waals surface area (Å²) in [5.74, 6) is 6.18. The number of carbonyl (C=O) groups is 4. The van der Waals surface area contributed by atoms with Crippen molar-refractivity contribution in [1.82, 2.24) is 24.7 Å². The number of amides is 4. The van der Waals surface area contributed by atoms with E-state index in [2.05, 4.69) is 22.5 Å². The van der Waals surface area contributed by atoms with E-state index >= 15 is 0 Å². The van der Waals surface area contributed by atoms with Crippen LogP contribution in [0.1, 0.15) is 83.7 Å². The minimum atomic E-state index is -0.731. The standard InChI is InChI=1S/C32H41N5O6/c1-32(2,3)43-30(41)33-23-10-7-22(8-11-23)19-36-16-15-21(18-28(36)39)6-5-20-9-12-24-26(17-20)35(4)31(42)37(24)25-13-14-27(38)34-29(25)40/h9,12,17,21-23,25H,7-8,10-11,13-16,18-19H2,1-4H3,(H,33,41)(H,34,38,40). The first kappa shape index (κ1) is 30.4. The minimum absolute atomic E-state index is 0.0369. The highest BCUT2D eigenvalue weighted by molar-refractivity contribution is 6.00. The van der Waals surface area contributed by atoms with Gasteiger partial charge in [-0.1, -0.05) is 11.8 Å². The molecule has 1 aromatic heterocycles. The van der Waals surface area contributed by atoms with Gasteiger partial charge in [0.15, 0.2) is 0 Å². The van der Waals surface area contributed by atoms with Gasteiger partial charge in [0.05, 0.1) is 11.0 Å². The Labute approximate surface area is 251 Å². The minimum Gasteiger partial charge on any atom is -0.444 e. The predicted octanol–water partition coefficient (Wildman–Crippen LogP) is 2.99. The molecule has 2 N–H and O–H groups in total. The van der Waals surface area contributed by atoms with E-state index in [9.17, 15) is 24.0 Å². The number of likely N-dealkylation sites (tertiary alicyclic amines) is 1. The van der Waals surface area contributed by atoms with Crippen LogP contribution >= 0.6 is 0 Å². The van der Waals surface area contributed by atoms with E-state index in [1.807, 2.05) is 37.8 Å². The number of alkyl carbamates (subject to hydrolysis) is 1. The zero-order chi connectivity index (χ0) is 30.9. The van der Waals surface area contributed by atoms with Gasteiger partial charge in [-0.3, -0.25) is 28.8 Å². The van der Waals surface area contributed by atoms with E-state index in [0.717, 1.165) is 44.2 Å². The quantitative estimate of drug-likeness (QED) is 0.415. The molecule has 2 unspecified atom stereocenters. The van der Waals surface area contributed by atoms with Gasteiger partial charge in [0, 0.05) is 50.5 Å². The third kappa shape index (κ3) is 7.12. The van der Waals surface area contributed by atoms with Crippen molar-refractivity contribution in [3.05, 3.63) is 34.2 Å². The number of aromatic nitrogens is 2. The van der Waals surface area contributed by atoms with Crippen LogP contribution in [0.4, 0.5) is 4.79 Å². The molecule has 5 rings (SSSR count). The number of carbonyl (C=O) groups excluding carboxylic acids is 4. The summed E-state index contributed by atoms with van der Waals surface area (Å²) >= 11 is 0. The van der Waals surface area contributed by atoms with Crippen LogP contribution < -0.4 is 16.3 Å². The summed E-state index contributed by atoms with van der Waals surface area (Å²) in [6.07, 6.45) is 4.98. The van der Waals surface area contributed by atoms with Crippen molar-refractivity contribution in [2.45, 2.75) is 89.8 Å². The van der Waals surface area contributed by atoms with Gasteiger partial charge in [-0.25, -0.2) is 9.59 Å². The maximum Gasteiger partial charge on any atom is 0.407 e. The van der Waals surface area contributed by atoms with E-state index < -0.39 is 17.6 Å². The SMILES string of the molecule is Cn1c(=O)n(C2CCC(=O)NC2=O)c2ccc(C#CC3CCN(CC4CCC(NC(=O)OC(C)(C)C)CC4)C(=O)C3)cc21. The molecule has 2 aromatic rings. The Morgan fingerprint density at radius 3 is 2.47 bits per heavy atom. The van der Waals surface area contributed by atoms with Crippen LogP contribution in [0.2, 0.25) is 0 Å². The first-order chi connectivity index (χ1) is 20.4. The van der Waals surface area contributed by atoms with E-state index in [-0.39, 0.29) is 48.4 Å². The molecule has 1 saturated carbocycles. The molecule has 4 amide bonds. The van der Waals surface area contributed by atoms with Crippen LogP contribution in [0.3, 0.4) is 0 Å². The van der Waals surface area contributed by atoms with Crippen LogP contribution in [0.25, 0.3) is 11.0 Å². The summed E-state index contributed by atoms with van der Waals surface area (Å²) < 4.78 is 8.31. The van der Waals surface area contributed by atoms with Crippen molar-refractivity contribution >= 4 is 34.8 Å². The van der Waals surface area contributed by atoms with Crippen molar-refractivity contribution in [3.8, 4) is 11.8 Å². The normalized spacial score (nSPS) is 24.7. The van der Waals surface area contributed by atoms with Gasteiger partial charge >= 0.3 is 11.8 Å². The second-order valence-corrected chi connectivity index (χ2v) is 13.0. The second kappa shape index (κ2) is 12.3. The molecule has 0 spiro atoms. The highest BCUT2D eigenvalue weighted by Gasteiger charge is 2.32. The predicted molar refractivity (Wildman–Crippen MR) is 160 cm³/mol. The van der Waals surface area contributed by atoms with Crippen LogP contribution in [-0.2, 0) is 26.2 Å². The Hall–Kier alpha value is -4.07. The molecule has 11 nitrogen and oxygen atoms in total. The summed E-state index contributed by atoms with van der Waals surface area (Å²) in [7, 11) is 1.66. The molecule has 1 aromatic carbocycles. The molecule has 0 radical (unpaired) electrons. The Morgan fingerprint density at radius 2 is 1.79 bits per heavy atom. The van der Waals surface area contributed by atoms with Gasteiger partial charge in [0.25, 0.3) is 0 Å². The van der Waals surface area contributed by atoms with Crippen molar-refractivity contribution in [3.63, 3.8) is 0 Å². The van der Waals surface area contributed by atoms with Crippen LogP contribution in [0.5, 0.6) is 0 Å². The first-order valence-corrected chi connectivity index (χ1v) is 15.2. The third-order valence-electron chi connectivity index (χ3n) is 8.60. The largest absolute Gasteiger partial charge is 0.444 e. The van der Waals surface area contributed by atoms with Gasteiger partial charge < -0.3 is 15.0 Å². The van der Waals surface area contributed by atoms with Crippen molar-refractivity contribution in [2.75, 3.05) is 13.1 Å². The van der Waals surface area contributed by atoms with E-state index in [1.54, 1.807) is 13.1 Å². The fourth-order valence-corrected chi connectivity index (χ4v) is 6.33. The number of ether oxygens (including phenoxy) is 1. The monoisotopic (exact) mass is 591 g/mol.